The highest BCUT2D eigenvalue weighted by Gasteiger charge is 2.52. The lowest BCUT2D eigenvalue weighted by molar-refractivity contribution is -0.152. The Kier molecular flexibility index (Phi) is 4.18. The average Bonchev–Trinajstić information content (AvgIpc) is 2.58. The SMILES string of the molecule is COc1ncc(N2CCOC3(CC(C#N)C(=O)C(C)(C)C3)C2)cn1. The van der Waals surface area contributed by atoms with Crippen LogP contribution in [-0.2, 0) is 9.53 Å². The van der Waals surface area contributed by atoms with Crippen LogP contribution in [0, 0.1) is 22.7 Å². The second-order valence-corrected chi connectivity index (χ2v) is 7.19. The number of hydrogen-bond acceptors (Lipinski definition) is 7. The van der Waals surface area contributed by atoms with Gasteiger partial charge in [0.25, 0.3) is 0 Å². The molecule has 1 saturated carbocycles. The Balaban J connectivity index is 1.83. The van der Waals surface area contributed by atoms with Crippen LogP contribution in [-0.4, -0.2) is 48.2 Å². The number of aromatic nitrogens is 2. The number of rotatable bonds is 2. The van der Waals surface area contributed by atoms with Gasteiger partial charge >= 0.3 is 6.01 Å². The smallest absolute Gasteiger partial charge is 0.316 e. The molecule has 0 amide bonds. The van der Waals surface area contributed by atoms with Gasteiger partial charge in [-0.2, -0.15) is 5.26 Å². The van der Waals surface area contributed by atoms with Crippen molar-refractivity contribution in [3.8, 4) is 12.1 Å². The van der Waals surface area contributed by atoms with Crippen molar-refractivity contribution in [3.05, 3.63) is 12.4 Å². The molecule has 24 heavy (non-hydrogen) atoms. The first-order valence-electron chi connectivity index (χ1n) is 8.08. The van der Waals surface area contributed by atoms with E-state index in [1.54, 1.807) is 12.4 Å². The molecule has 128 valence electrons. The molecule has 1 spiro atoms. The lowest BCUT2D eigenvalue weighted by Crippen LogP contribution is -2.59. The molecule has 1 aliphatic heterocycles. The molecule has 0 aromatic carbocycles. The average molecular weight is 330 g/mol. The minimum atomic E-state index is -0.610. The summed E-state index contributed by atoms with van der Waals surface area (Å²) in [7, 11) is 1.53. The first kappa shape index (κ1) is 16.7. The molecule has 2 aliphatic rings. The van der Waals surface area contributed by atoms with E-state index < -0.39 is 16.9 Å². The van der Waals surface area contributed by atoms with Crippen LogP contribution in [0.1, 0.15) is 26.7 Å². The summed E-state index contributed by atoms with van der Waals surface area (Å²) in [5.74, 6) is -0.593. The van der Waals surface area contributed by atoms with E-state index in [1.807, 2.05) is 13.8 Å². The van der Waals surface area contributed by atoms with Crippen molar-refractivity contribution >= 4 is 11.5 Å². The van der Waals surface area contributed by atoms with Crippen molar-refractivity contribution in [2.24, 2.45) is 11.3 Å². The van der Waals surface area contributed by atoms with Gasteiger partial charge in [0.2, 0.25) is 0 Å². The quantitative estimate of drug-likeness (QED) is 0.813. The zero-order valence-electron chi connectivity index (χ0n) is 14.3. The standard InChI is InChI=1S/C17H22N4O3/c1-16(2)10-17(6-12(7-18)14(16)22)11-21(4-5-24-17)13-8-19-15(23-3)20-9-13/h8-9,12H,4-6,10-11H2,1-3H3. The number of anilines is 1. The van der Waals surface area contributed by atoms with Crippen LogP contribution in [0.5, 0.6) is 6.01 Å². The molecular formula is C17H22N4O3. The van der Waals surface area contributed by atoms with Crippen molar-refractivity contribution in [1.82, 2.24) is 9.97 Å². The van der Waals surface area contributed by atoms with Crippen LogP contribution in [0.15, 0.2) is 12.4 Å². The van der Waals surface area contributed by atoms with E-state index in [9.17, 15) is 10.1 Å². The van der Waals surface area contributed by atoms with Gasteiger partial charge in [-0.15, -0.1) is 0 Å². The molecule has 3 rings (SSSR count). The fourth-order valence-electron chi connectivity index (χ4n) is 3.88. The predicted octanol–water partition coefficient (Wildman–Crippen LogP) is 1.59. The second kappa shape index (κ2) is 6.02. The number of Topliss-reactive ketones (excluding diaryl/α,β-unsaturated/α-hetero) is 1. The Morgan fingerprint density at radius 3 is 2.75 bits per heavy atom. The zero-order valence-corrected chi connectivity index (χ0v) is 14.3. The molecule has 1 aliphatic carbocycles. The van der Waals surface area contributed by atoms with Gasteiger partial charge in [0, 0.05) is 24.9 Å². The van der Waals surface area contributed by atoms with Gasteiger partial charge in [0.15, 0.2) is 5.78 Å². The number of hydrogen-bond donors (Lipinski definition) is 0. The predicted molar refractivity (Wildman–Crippen MR) is 86.6 cm³/mol. The third kappa shape index (κ3) is 2.94. The summed E-state index contributed by atoms with van der Waals surface area (Å²) >= 11 is 0. The summed E-state index contributed by atoms with van der Waals surface area (Å²) in [5, 5.41) is 9.37. The summed E-state index contributed by atoms with van der Waals surface area (Å²) in [5.41, 5.74) is -0.157. The minimum absolute atomic E-state index is 0.0177. The van der Waals surface area contributed by atoms with E-state index in [1.165, 1.54) is 7.11 Å². The van der Waals surface area contributed by atoms with Gasteiger partial charge in [0.1, 0.15) is 5.92 Å². The summed E-state index contributed by atoms with van der Waals surface area (Å²) in [6.07, 6.45) is 4.52. The Hall–Kier alpha value is -2.20. The second-order valence-electron chi connectivity index (χ2n) is 7.19. The third-order valence-electron chi connectivity index (χ3n) is 4.89. The van der Waals surface area contributed by atoms with E-state index in [0.717, 1.165) is 12.2 Å². The van der Waals surface area contributed by atoms with Crippen LogP contribution in [0.4, 0.5) is 5.69 Å². The van der Waals surface area contributed by atoms with Gasteiger partial charge in [-0.05, 0) is 6.42 Å². The molecule has 2 heterocycles. The van der Waals surface area contributed by atoms with Crippen LogP contribution >= 0.6 is 0 Å². The van der Waals surface area contributed by atoms with Crippen LogP contribution in [0.2, 0.25) is 0 Å². The largest absolute Gasteiger partial charge is 0.467 e. The molecule has 7 nitrogen and oxygen atoms in total. The number of nitriles is 1. The topological polar surface area (TPSA) is 88.3 Å². The molecule has 1 aromatic rings. The summed E-state index contributed by atoms with van der Waals surface area (Å²) in [4.78, 5) is 22.9. The fourth-order valence-corrected chi connectivity index (χ4v) is 3.88. The van der Waals surface area contributed by atoms with E-state index in [-0.39, 0.29) is 5.78 Å². The number of morpholine rings is 1. The lowest BCUT2D eigenvalue weighted by atomic mass is 9.64. The number of nitrogens with zero attached hydrogens (tertiary/aromatic N) is 4. The number of methoxy groups -OCH3 is 1. The molecule has 7 heteroatoms. The lowest BCUT2D eigenvalue weighted by Gasteiger charge is -2.50. The Morgan fingerprint density at radius 1 is 1.42 bits per heavy atom. The van der Waals surface area contributed by atoms with Crippen LogP contribution in [0.25, 0.3) is 0 Å². The maximum Gasteiger partial charge on any atom is 0.316 e. The molecule has 2 atom stereocenters. The van der Waals surface area contributed by atoms with E-state index in [0.29, 0.717) is 32.0 Å². The maximum atomic E-state index is 12.4. The molecule has 2 fully saturated rings. The van der Waals surface area contributed by atoms with Gasteiger partial charge in [0.05, 0.1) is 43.5 Å². The highest BCUT2D eigenvalue weighted by Crippen LogP contribution is 2.45. The number of carbonyl (C=O) groups is 1. The van der Waals surface area contributed by atoms with Gasteiger partial charge in [-0.25, -0.2) is 9.97 Å². The van der Waals surface area contributed by atoms with Gasteiger partial charge in [-0.3, -0.25) is 4.79 Å². The first-order valence-corrected chi connectivity index (χ1v) is 8.08. The molecular weight excluding hydrogens is 308 g/mol. The monoisotopic (exact) mass is 330 g/mol. The molecule has 0 bridgehead atoms. The number of ether oxygens (including phenoxy) is 2. The van der Waals surface area contributed by atoms with Crippen molar-refractivity contribution in [2.45, 2.75) is 32.3 Å². The zero-order chi connectivity index (χ0) is 17.4. The number of carbonyl (C=O) groups excluding carboxylic acids is 1. The Bertz CT molecular complexity index is 667. The molecule has 0 radical (unpaired) electrons. The van der Waals surface area contributed by atoms with Gasteiger partial charge in [-0.1, -0.05) is 13.8 Å². The van der Waals surface area contributed by atoms with E-state index >= 15 is 0 Å². The van der Waals surface area contributed by atoms with E-state index in [2.05, 4.69) is 20.9 Å². The van der Waals surface area contributed by atoms with Crippen LogP contribution < -0.4 is 9.64 Å². The molecule has 1 aromatic heterocycles. The Morgan fingerprint density at radius 2 is 2.12 bits per heavy atom. The minimum Gasteiger partial charge on any atom is -0.467 e. The normalized spacial score (nSPS) is 29.3. The Labute approximate surface area is 141 Å². The maximum absolute atomic E-state index is 12.4. The third-order valence-corrected chi connectivity index (χ3v) is 4.89. The molecule has 1 saturated heterocycles. The molecule has 2 unspecified atom stereocenters. The summed E-state index contributed by atoms with van der Waals surface area (Å²) in [6.45, 7) is 5.70. The highest BCUT2D eigenvalue weighted by molar-refractivity contribution is 5.89. The van der Waals surface area contributed by atoms with Crippen molar-refractivity contribution < 1.29 is 14.3 Å². The van der Waals surface area contributed by atoms with Crippen molar-refractivity contribution in [3.63, 3.8) is 0 Å². The van der Waals surface area contributed by atoms with Crippen molar-refractivity contribution in [1.29, 1.82) is 5.26 Å². The van der Waals surface area contributed by atoms with Crippen molar-refractivity contribution in [2.75, 3.05) is 31.7 Å². The van der Waals surface area contributed by atoms with E-state index in [4.69, 9.17) is 9.47 Å². The summed E-state index contributed by atoms with van der Waals surface area (Å²) < 4.78 is 11.1. The molecule has 0 N–H and O–H groups in total. The fraction of sp³-hybridized carbons (Fsp3) is 0.647. The number of ketones is 1. The first-order chi connectivity index (χ1) is 11.4. The van der Waals surface area contributed by atoms with Gasteiger partial charge < -0.3 is 14.4 Å². The highest BCUT2D eigenvalue weighted by atomic mass is 16.5. The van der Waals surface area contributed by atoms with Crippen LogP contribution in [0.3, 0.4) is 0 Å². The summed E-state index contributed by atoms with van der Waals surface area (Å²) in [6, 6.07) is 2.49.